The molecule has 5 heterocycles. The maximum Gasteiger partial charge on any atom is 0.439 e. The average molecular weight is 538 g/mol. The van der Waals surface area contributed by atoms with E-state index in [1.807, 2.05) is 12.1 Å². The lowest BCUT2D eigenvalue weighted by Gasteiger charge is -2.34. The Hall–Kier alpha value is -3.24. The number of pyridine rings is 2. The number of aromatic amines is 1. The van der Waals surface area contributed by atoms with Gasteiger partial charge in [-0.05, 0) is 57.1 Å². The summed E-state index contributed by atoms with van der Waals surface area (Å²) in [7, 11) is 0. The molecule has 1 saturated heterocycles. The monoisotopic (exact) mass is 537 g/mol. The maximum atomic E-state index is 11.7. The van der Waals surface area contributed by atoms with Gasteiger partial charge in [-0.25, -0.2) is 14.8 Å². The lowest BCUT2D eigenvalue weighted by atomic mass is 9.79. The topological polar surface area (TPSA) is 126 Å². The summed E-state index contributed by atoms with van der Waals surface area (Å²) in [6.07, 6.45) is 8.32. The van der Waals surface area contributed by atoms with E-state index in [-0.39, 0.29) is 17.9 Å². The number of halogens is 1. The molecule has 11 heteroatoms. The van der Waals surface area contributed by atoms with Crippen LogP contribution in [-0.2, 0) is 0 Å². The number of rotatable bonds is 5. The van der Waals surface area contributed by atoms with Gasteiger partial charge in [0.05, 0.1) is 27.9 Å². The summed E-state index contributed by atoms with van der Waals surface area (Å²) in [5.41, 5.74) is 3.41. The van der Waals surface area contributed by atoms with Crippen LogP contribution < -0.4 is 10.7 Å². The molecule has 4 aromatic rings. The van der Waals surface area contributed by atoms with Crippen LogP contribution in [0.4, 0.5) is 5.95 Å². The molecular weight excluding hydrogens is 506 g/mol. The Balaban J connectivity index is 1.61. The minimum Gasteiger partial charge on any atom is -0.391 e. The van der Waals surface area contributed by atoms with Gasteiger partial charge >= 0.3 is 5.76 Å². The predicted molar refractivity (Wildman–Crippen MR) is 145 cm³/mol. The molecule has 0 spiro atoms. The van der Waals surface area contributed by atoms with Crippen LogP contribution in [0, 0.1) is 11.8 Å². The second-order valence-electron chi connectivity index (χ2n) is 11.0. The van der Waals surface area contributed by atoms with Gasteiger partial charge < -0.3 is 14.6 Å². The highest BCUT2D eigenvalue weighted by Gasteiger charge is 2.35. The highest BCUT2D eigenvalue weighted by Crippen LogP contribution is 2.42. The first-order chi connectivity index (χ1) is 18.3. The third-order valence-electron chi connectivity index (χ3n) is 8.27. The smallest absolute Gasteiger partial charge is 0.391 e. The normalized spacial score (nSPS) is 24.8. The molecule has 2 aliphatic rings. The van der Waals surface area contributed by atoms with Crippen molar-refractivity contribution in [2.75, 3.05) is 11.4 Å². The summed E-state index contributed by atoms with van der Waals surface area (Å²) in [6.45, 7) is 7.24. The summed E-state index contributed by atoms with van der Waals surface area (Å²) in [4.78, 5) is 30.9. The third-order valence-corrected chi connectivity index (χ3v) is 8.48. The second kappa shape index (κ2) is 9.81. The van der Waals surface area contributed by atoms with Crippen molar-refractivity contribution in [1.29, 1.82) is 0 Å². The number of H-pyrrole nitrogens is 1. The number of hydrogen-bond acceptors (Lipinski definition) is 8. The van der Waals surface area contributed by atoms with Gasteiger partial charge in [-0.2, -0.15) is 0 Å². The molecular formula is C27H32ClN7O3. The molecule has 10 nitrogen and oxygen atoms in total. The molecule has 200 valence electrons. The predicted octanol–water partition coefficient (Wildman–Crippen LogP) is 4.84. The van der Waals surface area contributed by atoms with Crippen molar-refractivity contribution in [1.82, 2.24) is 29.7 Å². The van der Waals surface area contributed by atoms with Crippen molar-refractivity contribution in [3.63, 3.8) is 0 Å². The second-order valence-corrected chi connectivity index (χ2v) is 11.4. The highest BCUT2D eigenvalue weighted by molar-refractivity contribution is 6.30. The summed E-state index contributed by atoms with van der Waals surface area (Å²) in [5, 5.41) is 14.9. The average Bonchev–Trinajstić information content (AvgIpc) is 3.59. The Morgan fingerprint density at radius 2 is 1.95 bits per heavy atom. The molecule has 1 saturated carbocycles. The van der Waals surface area contributed by atoms with E-state index < -0.39 is 11.9 Å². The Bertz CT molecular complexity index is 1520. The minimum atomic E-state index is -0.654. The SMILES string of the molecule is C[C@@H]1C[C@@H](O)CN1c1nc2cc(-c3noc(=O)[nH]3)nc(-c3cncc(Cl)c3)c2n1[C@H](C)[C@H]1CC[C@H](C)CC1. The molecule has 6 rings (SSSR count). The van der Waals surface area contributed by atoms with E-state index in [2.05, 4.69) is 45.4 Å². The van der Waals surface area contributed by atoms with Crippen LogP contribution in [0.5, 0.6) is 0 Å². The molecule has 4 aromatic heterocycles. The Kier molecular flexibility index (Phi) is 6.47. The first-order valence-electron chi connectivity index (χ1n) is 13.3. The molecule has 2 fully saturated rings. The van der Waals surface area contributed by atoms with Gasteiger partial charge in [-0.1, -0.05) is 36.5 Å². The van der Waals surface area contributed by atoms with Gasteiger partial charge in [-0.3, -0.25) is 14.5 Å². The summed E-state index contributed by atoms with van der Waals surface area (Å²) in [5.74, 6) is 1.62. The van der Waals surface area contributed by atoms with E-state index in [1.165, 1.54) is 12.8 Å². The fraction of sp³-hybridized carbons (Fsp3) is 0.519. The number of aliphatic hydroxyl groups is 1. The zero-order valence-corrected chi connectivity index (χ0v) is 22.5. The molecule has 3 atom stereocenters. The summed E-state index contributed by atoms with van der Waals surface area (Å²) >= 11 is 6.36. The van der Waals surface area contributed by atoms with Gasteiger partial charge in [0.15, 0.2) is 0 Å². The number of nitrogens with one attached hydrogen (secondary N) is 1. The quantitative estimate of drug-likeness (QED) is 0.370. The van der Waals surface area contributed by atoms with E-state index in [4.69, 9.17) is 26.1 Å². The molecule has 1 aliphatic carbocycles. The zero-order chi connectivity index (χ0) is 26.6. The van der Waals surface area contributed by atoms with Crippen LogP contribution in [0.1, 0.15) is 58.9 Å². The molecule has 0 aromatic carbocycles. The Morgan fingerprint density at radius 1 is 1.16 bits per heavy atom. The van der Waals surface area contributed by atoms with Crippen molar-refractivity contribution < 1.29 is 9.63 Å². The van der Waals surface area contributed by atoms with Crippen LogP contribution in [0.25, 0.3) is 33.8 Å². The van der Waals surface area contributed by atoms with E-state index in [9.17, 15) is 9.90 Å². The number of anilines is 1. The molecule has 0 unspecified atom stereocenters. The van der Waals surface area contributed by atoms with Gasteiger partial charge in [0.1, 0.15) is 5.69 Å². The number of hydrogen-bond donors (Lipinski definition) is 2. The number of β-amino-alcohol motifs (C(OH)–C–C–N with tert-alkyl or cyclic N) is 1. The first kappa shape index (κ1) is 25.1. The van der Waals surface area contributed by atoms with Crippen LogP contribution in [0.2, 0.25) is 5.02 Å². The van der Waals surface area contributed by atoms with Gasteiger partial charge in [0.25, 0.3) is 0 Å². The van der Waals surface area contributed by atoms with Crippen LogP contribution in [-0.4, -0.2) is 53.5 Å². The highest BCUT2D eigenvalue weighted by atomic mass is 35.5. The van der Waals surface area contributed by atoms with Crippen molar-refractivity contribution in [3.8, 4) is 22.8 Å². The number of imidazole rings is 1. The van der Waals surface area contributed by atoms with Crippen molar-refractivity contribution >= 4 is 28.6 Å². The van der Waals surface area contributed by atoms with E-state index in [0.717, 1.165) is 35.8 Å². The fourth-order valence-electron chi connectivity index (χ4n) is 6.16. The Morgan fingerprint density at radius 3 is 2.61 bits per heavy atom. The molecule has 0 bridgehead atoms. The van der Waals surface area contributed by atoms with Crippen LogP contribution in [0.15, 0.2) is 33.8 Å². The van der Waals surface area contributed by atoms with Gasteiger partial charge in [0, 0.05) is 36.6 Å². The molecule has 2 N–H and O–H groups in total. The lowest BCUT2D eigenvalue weighted by Crippen LogP contribution is -2.32. The zero-order valence-electron chi connectivity index (χ0n) is 21.8. The largest absolute Gasteiger partial charge is 0.439 e. The molecule has 0 amide bonds. The van der Waals surface area contributed by atoms with E-state index in [1.54, 1.807) is 12.4 Å². The standard InChI is InChI=1S/C27H32ClN7O3/c1-14-4-6-17(7-5-14)16(3)35-24-21(31-26(35)34-13-20(36)8-15(34)2)10-22(25-32-27(37)38-33-25)30-23(24)18-9-19(28)12-29-11-18/h9-12,14-17,20,36H,4-8,13H2,1-3H3,(H,32,33,37)/t14-,15-,16-,17-,20-/m1/s1. The fourth-order valence-corrected chi connectivity index (χ4v) is 6.34. The molecule has 1 aliphatic heterocycles. The summed E-state index contributed by atoms with van der Waals surface area (Å²) in [6, 6.07) is 3.95. The third kappa shape index (κ3) is 4.49. The van der Waals surface area contributed by atoms with Crippen molar-refractivity contribution in [2.24, 2.45) is 11.8 Å². The first-order valence-corrected chi connectivity index (χ1v) is 13.7. The Labute approximate surface area is 225 Å². The van der Waals surface area contributed by atoms with Crippen molar-refractivity contribution in [2.45, 2.75) is 71.1 Å². The number of aromatic nitrogens is 6. The van der Waals surface area contributed by atoms with E-state index in [0.29, 0.717) is 40.8 Å². The van der Waals surface area contributed by atoms with Gasteiger partial charge in [-0.15, -0.1) is 0 Å². The van der Waals surface area contributed by atoms with Crippen LogP contribution >= 0.6 is 11.6 Å². The molecule has 38 heavy (non-hydrogen) atoms. The number of nitrogens with zero attached hydrogens (tertiary/aromatic N) is 6. The molecule has 0 radical (unpaired) electrons. The van der Waals surface area contributed by atoms with Crippen molar-refractivity contribution in [3.05, 3.63) is 40.1 Å². The lowest BCUT2D eigenvalue weighted by molar-refractivity contribution is 0.195. The minimum absolute atomic E-state index is 0.134. The summed E-state index contributed by atoms with van der Waals surface area (Å²) < 4.78 is 7.07. The van der Waals surface area contributed by atoms with Gasteiger partial charge in [0.2, 0.25) is 11.8 Å². The van der Waals surface area contributed by atoms with Crippen LogP contribution in [0.3, 0.4) is 0 Å². The van der Waals surface area contributed by atoms with E-state index >= 15 is 0 Å². The maximum absolute atomic E-state index is 11.7. The number of aliphatic hydroxyl groups excluding tert-OH is 1. The number of fused-ring (bicyclic) bond motifs is 1.